The summed E-state index contributed by atoms with van der Waals surface area (Å²) < 4.78 is 35.6. The van der Waals surface area contributed by atoms with Crippen molar-refractivity contribution in [3.8, 4) is 0 Å². The number of alkyl halides is 3. The number of hydrogen-bond acceptors (Lipinski definition) is 2. The highest BCUT2D eigenvalue weighted by Gasteiger charge is 2.31. The number of carbonyl (C=O) groups is 1. The molecule has 0 heterocycles. The smallest absolute Gasteiger partial charge is 0.390 e. The lowest BCUT2D eigenvalue weighted by Crippen LogP contribution is -2.38. The summed E-state index contributed by atoms with van der Waals surface area (Å²) in [5.41, 5.74) is -1.03. The highest BCUT2D eigenvalue weighted by Crippen LogP contribution is 2.21. The third-order valence-electron chi connectivity index (χ3n) is 2.02. The Morgan fingerprint density at radius 3 is 2.13 bits per heavy atom. The van der Waals surface area contributed by atoms with Crippen molar-refractivity contribution in [1.29, 1.82) is 0 Å². The first-order valence-corrected chi connectivity index (χ1v) is 4.53. The lowest BCUT2D eigenvalue weighted by Gasteiger charge is -2.26. The Bertz CT molecular complexity index is 226. The molecule has 0 spiro atoms. The van der Waals surface area contributed by atoms with Gasteiger partial charge in [0.25, 0.3) is 0 Å². The molecule has 15 heavy (non-hydrogen) atoms. The maximum Gasteiger partial charge on any atom is 0.390 e. The molecule has 0 unspecified atom stereocenters. The van der Waals surface area contributed by atoms with Gasteiger partial charge in [0.2, 0.25) is 0 Å². The molecule has 0 aliphatic rings. The molecule has 0 saturated heterocycles. The first-order valence-electron chi connectivity index (χ1n) is 4.53. The molecule has 0 radical (unpaired) electrons. The van der Waals surface area contributed by atoms with E-state index in [1.807, 2.05) is 0 Å². The second-order valence-corrected chi connectivity index (χ2v) is 4.29. The van der Waals surface area contributed by atoms with Crippen LogP contribution in [-0.2, 0) is 4.79 Å². The van der Waals surface area contributed by atoms with E-state index in [1.54, 1.807) is 0 Å². The lowest BCUT2D eigenvalue weighted by atomic mass is 9.93. The molecular weight excluding hydrogens is 211 g/mol. The number of carboxylic acid groups (broad SMARTS) is 1. The van der Waals surface area contributed by atoms with Crippen molar-refractivity contribution in [2.24, 2.45) is 5.41 Å². The monoisotopic (exact) mass is 227 g/mol. The molecule has 0 aliphatic carbocycles. The third-order valence-corrected chi connectivity index (χ3v) is 2.02. The zero-order valence-electron chi connectivity index (χ0n) is 9.06. The summed E-state index contributed by atoms with van der Waals surface area (Å²) in [6, 6.07) is 0. The molecule has 0 fully saturated rings. The zero-order valence-corrected chi connectivity index (χ0v) is 9.06. The number of hydrogen-bond donors (Lipinski definition) is 1. The molecule has 0 aliphatic heterocycles. The fourth-order valence-electron chi connectivity index (χ4n) is 1.14. The van der Waals surface area contributed by atoms with Crippen LogP contribution in [0.4, 0.5) is 13.2 Å². The molecule has 0 bridgehead atoms. The number of halogens is 3. The van der Waals surface area contributed by atoms with Gasteiger partial charge in [-0.25, -0.2) is 0 Å². The molecule has 1 N–H and O–H groups in total. The molecule has 3 nitrogen and oxygen atoms in total. The Hall–Kier alpha value is -0.780. The first kappa shape index (κ1) is 14.2. The minimum Gasteiger partial charge on any atom is -0.481 e. The van der Waals surface area contributed by atoms with Crippen LogP contribution in [0, 0.1) is 5.41 Å². The van der Waals surface area contributed by atoms with Crippen molar-refractivity contribution >= 4 is 5.97 Å². The van der Waals surface area contributed by atoms with E-state index in [9.17, 15) is 18.0 Å². The molecule has 6 heteroatoms. The molecule has 0 aromatic carbocycles. The van der Waals surface area contributed by atoms with Crippen molar-refractivity contribution in [2.75, 3.05) is 20.1 Å². The summed E-state index contributed by atoms with van der Waals surface area (Å²) in [4.78, 5) is 12.1. The first-order chi connectivity index (χ1) is 6.54. The van der Waals surface area contributed by atoms with Gasteiger partial charge in [-0.05, 0) is 20.9 Å². The quantitative estimate of drug-likeness (QED) is 0.780. The van der Waals surface area contributed by atoms with Gasteiger partial charge >= 0.3 is 12.1 Å². The second kappa shape index (κ2) is 4.83. The maximum atomic E-state index is 11.9. The zero-order chi connectivity index (χ0) is 12.3. The van der Waals surface area contributed by atoms with Gasteiger partial charge in [-0.2, -0.15) is 13.2 Å². The van der Waals surface area contributed by atoms with Gasteiger partial charge in [0.15, 0.2) is 0 Å². The minimum atomic E-state index is -4.19. The van der Waals surface area contributed by atoms with E-state index < -0.39 is 24.0 Å². The Balaban J connectivity index is 4.04. The number of rotatable bonds is 5. The van der Waals surface area contributed by atoms with Crippen molar-refractivity contribution in [2.45, 2.75) is 26.4 Å². The van der Waals surface area contributed by atoms with E-state index in [4.69, 9.17) is 5.11 Å². The normalized spacial score (nSPS) is 13.3. The summed E-state index contributed by atoms with van der Waals surface area (Å²) >= 11 is 0. The number of nitrogens with zero attached hydrogens (tertiary/aromatic N) is 1. The Labute approximate surface area is 86.9 Å². The topological polar surface area (TPSA) is 40.5 Å². The van der Waals surface area contributed by atoms with Crippen LogP contribution in [0.1, 0.15) is 20.3 Å². The van der Waals surface area contributed by atoms with Gasteiger partial charge in [-0.3, -0.25) is 4.79 Å². The van der Waals surface area contributed by atoms with E-state index >= 15 is 0 Å². The predicted octanol–water partition coefficient (Wildman–Crippen LogP) is 1.98. The van der Waals surface area contributed by atoms with E-state index in [1.165, 1.54) is 25.8 Å². The van der Waals surface area contributed by atoms with Gasteiger partial charge in [0.1, 0.15) is 0 Å². The largest absolute Gasteiger partial charge is 0.481 e. The van der Waals surface area contributed by atoms with Gasteiger partial charge < -0.3 is 10.0 Å². The molecule has 0 amide bonds. The maximum absolute atomic E-state index is 11.9. The van der Waals surface area contributed by atoms with Crippen LogP contribution in [0.3, 0.4) is 0 Å². The highest BCUT2D eigenvalue weighted by molar-refractivity contribution is 5.73. The van der Waals surface area contributed by atoms with Crippen LogP contribution in [0.2, 0.25) is 0 Å². The average molecular weight is 227 g/mol. The van der Waals surface area contributed by atoms with Crippen LogP contribution in [-0.4, -0.2) is 42.3 Å². The minimum absolute atomic E-state index is 0.0956. The standard InChI is InChI=1S/C9H16F3NO2/c1-8(2,7(14)15)6-13(3)5-4-9(10,11)12/h4-6H2,1-3H3,(H,14,15). The van der Waals surface area contributed by atoms with Crippen LogP contribution >= 0.6 is 0 Å². The Morgan fingerprint density at radius 2 is 1.80 bits per heavy atom. The van der Waals surface area contributed by atoms with Crippen LogP contribution in [0.5, 0.6) is 0 Å². The summed E-state index contributed by atoms with van der Waals surface area (Å²) in [7, 11) is 1.48. The van der Waals surface area contributed by atoms with E-state index in [-0.39, 0.29) is 13.1 Å². The summed E-state index contributed by atoms with van der Waals surface area (Å²) in [6.07, 6.45) is -5.11. The predicted molar refractivity (Wildman–Crippen MR) is 49.6 cm³/mol. The number of carboxylic acids is 1. The second-order valence-electron chi connectivity index (χ2n) is 4.29. The molecule has 0 atom stereocenters. The van der Waals surface area contributed by atoms with Crippen molar-refractivity contribution < 1.29 is 23.1 Å². The fraction of sp³-hybridized carbons (Fsp3) is 0.889. The van der Waals surface area contributed by atoms with Crippen molar-refractivity contribution in [1.82, 2.24) is 4.90 Å². The molecule has 0 aromatic heterocycles. The fourth-order valence-corrected chi connectivity index (χ4v) is 1.14. The van der Waals surface area contributed by atoms with Crippen LogP contribution < -0.4 is 0 Å². The summed E-state index contributed by atoms with van der Waals surface area (Å²) in [5, 5.41) is 8.77. The molecule has 0 aromatic rings. The van der Waals surface area contributed by atoms with Gasteiger partial charge in [0, 0.05) is 13.1 Å². The third kappa shape index (κ3) is 6.33. The lowest BCUT2D eigenvalue weighted by molar-refractivity contribution is -0.149. The van der Waals surface area contributed by atoms with E-state index in [2.05, 4.69) is 0 Å². The van der Waals surface area contributed by atoms with E-state index in [0.717, 1.165) is 0 Å². The SMILES string of the molecule is CN(CCC(F)(F)F)CC(C)(C)C(=O)O. The molecular formula is C9H16F3NO2. The van der Waals surface area contributed by atoms with Gasteiger partial charge in [-0.1, -0.05) is 0 Å². The summed E-state index contributed by atoms with van der Waals surface area (Å²) in [6.45, 7) is 2.89. The van der Waals surface area contributed by atoms with Crippen LogP contribution in [0.15, 0.2) is 0 Å². The van der Waals surface area contributed by atoms with Crippen molar-refractivity contribution in [3.05, 3.63) is 0 Å². The average Bonchev–Trinajstić information content (AvgIpc) is 1.98. The molecule has 90 valence electrons. The Morgan fingerprint density at radius 1 is 1.33 bits per heavy atom. The van der Waals surface area contributed by atoms with Gasteiger partial charge in [0.05, 0.1) is 11.8 Å². The Kier molecular flexibility index (Phi) is 4.58. The molecule has 0 rings (SSSR count). The highest BCUT2D eigenvalue weighted by atomic mass is 19.4. The van der Waals surface area contributed by atoms with Crippen LogP contribution in [0.25, 0.3) is 0 Å². The summed E-state index contributed by atoms with van der Waals surface area (Å²) in [5.74, 6) is -1.01. The number of aliphatic carboxylic acids is 1. The van der Waals surface area contributed by atoms with Crippen molar-refractivity contribution in [3.63, 3.8) is 0 Å². The van der Waals surface area contributed by atoms with E-state index in [0.29, 0.717) is 0 Å². The molecule has 0 saturated carbocycles. The van der Waals surface area contributed by atoms with Gasteiger partial charge in [-0.15, -0.1) is 0 Å².